The average Bonchev–Trinajstić information content (AvgIpc) is 1.53. The molecule has 21 N–H and O–H groups in total. The number of primary amides is 1. The lowest BCUT2D eigenvalue weighted by molar-refractivity contribution is -0.149. The molecule has 0 bridgehead atoms. The molecule has 0 saturated heterocycles. The first-order valence-corrected chi connectivity index (χ1v) is 33.3. The van der Waals surface area contributed by atoms with Gasteiger partial charge in [0.25, 0.3) is 0 Å². The molecule has 11 amide bonds. The highest BCUT2D eigenvalue weighted by atomic mass is 16.2. The van der Waals surface area contributed by atoms with Crippen LogP contribution in [0.3, 0.4) is 0 Å². The second-order valence-electron chi connectivity index (χ2n) is 22.8. The maximum absolute atomic E-state index is 14.3. The van der Waals surface area contributed by atoms with E-state index in [-0.39, 0.29) is 137 Å². The quantitative estimate of drug-likeness (QED) is 0.0253. The van der Waals surface area contributed by atoms with Gasteiger partial charge in [0.1, 0.15) is 0 Å². The summed E-state index contributed by atoms with van der Waals surface area (Å²) in [6.07, 6.45) is 16.1. The van der Waals surface area contributed by atoms with Crippen molar-refractivity contribution >= 4 is 65.0 Å². The van der Waals surface area contributed by atoms with Crippen LogP contribution >= 0.6 is 0 Å². The molecule has 0 rings (SSSR count). The van der Waals surface area contributed by atoms with Crippen molar-refractivity contribution in [2.45, 2.75) is 117 Å². The van der Waals surface area contributed by atoms with Crippen LogP contribution in [0.5, 0.6) is 0 Å². The van der Waals surface area contributed by atoms with Crippen molar-refractivity contribution in [2.24, 2.45) is 57.3 Å². The van der Waals surface area contributed by atoms with Gasteiger partial charge in [0.2, 0.25) is 65.0 Å². The van der Waals surface area contributed by atoms with Crippen LogP contribution in [0.1, 0.15) is 117 Å². The molecule has 0 aromatic heterocycles. The van der Waals surface area contributed by atoms with Gasteiger partial charge >= 0.3 is 0 Å². The van der Waals surface area contributed by atoms with Crippen LogP contribution < -0.4 is 62.7 Å². The van der Waals surface area contributed by atoms with Crippen molar-refractivity contribution in [3.8, 4) is 0 Å². The number of nitrogens with one attached hydrogen (secondary N) is 1. The Morgan fingerprint density at radius 3 is 0.620 bits per heavy atom. The molecule has 0 atom stereocenters. The number of hydrogen-bond acceptors (Lipinski definition) is 21. The number of nitrogens with two attached hydrogens (primary N) is 10. The molecule has 0 spiro atoms. The molecule has 0 aliphatic rings. The van der Waals surface area contributed by atoms with Crippen molar-refractivity contribution in [3.05, 3.63) is 0 Å². The molecule has 532 valence electrons. The van der Waals surface area contributed by atoms with Crippen molar-refractivity contribution in [1.82, 2.24) is 54.3 Å². The van der Waals surface area contributed by atoms with Crippen LogP contribution in [0.2, 0.25) is 0 Å². The van der Waals surface area contributed by atoms with Gasteiger partial charge in [-0.2, -0.15) is 0 Å². The summed E-state index contributed by atoms with van der Waals surface area (Å²) in [6.45, 7) is -1.07. The predicted molar refractivity (Wildman–Crippen MR) is 355 cm³/mol. The van der Waals surface area contributed by atoms with Crippen molar-refractivity contribution in [3.63, 3.8) is 0 Å². The van der Waals surface area contributed by atoms with Gasteiger partial charge in [0, 0.05) is 131 Å². The first-order valence-electron chi connectivity index (χ1n) is 33.3. The van der Waals surface area contributed by atoms with E-state index >= 15 is 0 Å². The Morgan fingerprint density at radius 2 is 0.424 bits per heavy atom. The zero-order valence-corrected chi connectivity index (χ0v) is 56.0. The molecule has 92 heavy (non-hydrogen) atoms. The van der Waals surface area contributed by atoms with Gasteiger partial charge in [-0.15, -0.1) is 0 Å². The van der Waals surface area contributed by atoms with Gasteiger partial charge in [0.05, 0.1) is 72.0 Å². The molecule has 32 heteroatoms. The summed E-state index contributed by atoms with van der Waals surface area (Å²) >= 11 is 0. The van der Waals surface area contributed by atoms with E-state index < -0.39 is 117 Å². The second-order valence-corrected chi connectivity index (χ2v) is 22.8. The highest BCUT2D eigenvalue weighted by Gasteiger charge is 2.32. The number of unbranched alkanes of at least 4 members (excludes halogenated alkanes) is 14. The third-order valence-electron chi connectivity index (χ3n) is 15.2. The molecule has 0 saturated carbocycles. The smallest absolute Gasteiger partial charge is 0.242 e. The molecular formula is C60H121N21O11. The van der Waals surface area contributed by atoms with Gasteiger partial charge in [0.15, 0.2) is 0 Å². The van der Waals surface area contributed by atoms with E-state index in [1.807, 2.05) is 0 Å². The Kier molecular flexibility index (Phi) is 50.5. The Bertz CT molecular complexity index is 2140. The number of hydrogen-bond donors (Lipinski definition) is 11. The van der Waals surface area contributed by atoms with Crippen LogP contribution in [0.15, 0.2) is 0 Å². The Balaban J connectivity index is 6.44. The summed E-state index contributed by atoms with van der Waals surface area (Å²) in [4.78, 5) is 163. The molecular weight excluding hydrogens is 1190 g/mol. The van der Waals surface area contributed by atoms with Crippen molar-refractivity contribution in [2.75, 3.05) is 203 Å². The molecule has 0 aromatic carbocycles. The summed E-state index contributed by atoms with van der Waals surface area (Å²) in [7, 11) is 0. The minimum Gasteiger partial charge on any atom is -0.368 e. The lowest BCUT2D eigenvalue weighted by atomic mass is 10.1. The number of amides is 11. The van der Waals surface area contributed by atoms with E-state index in [0.29, 0.717) is 25.9 Å². The van der Waals surface area contributed by atoms with E-state index in [2.05, 4.69) is 19.2 Å². The standard InChI is InChI=1S/C60H121N21O11/c1-3-5-7-9-11-13-15-17-29-72(40-50(70)82)52(84)41-73(30-18-16-14-12-10-8-6-4-2)53(85)43-75(32-21-63)55(87)45-77(34-23-65)57(89)47-79(36-25-67)59(91)49-81(38-27-69)60(92)48-80(37-26-68)58(90)46-78(35-24-66)56(88)44-76(33-22-64)54(86)42-74(31-20-62)51(83)39-71-28-19-61/h71H,3-49,61-69H2,1-2H3,(H2,70,82). The molecule has 0 aromatic rings. The van der Waals surface area contributed by atoms with Crippen LogP contribution in [-0.2, 0) is 52.7 Å². The highest BCUT2D eigenvalue weighted by molar-refractivity contribution is 5.94. The van der Waals surface area contributed by atoms with E-state index in [1.165, 1.54) is 32.4 Å². The normalized spacial score (nSPS) is 11.0. The second kappa shape index (κ2) is 54.2. The molecule has 0 aliphatic heterocycles. The molecule has 32 nitrogen and oxygen atoms in total. The first kappa shape index (κ1) is 85.8. The zero-order valence-electron chi connectivity index (χ0n) is 56.0. The van der Waals surface area contributed by atoms with Crippen LogP contribution in [0, 0.1) is 0 Å². The van der Waals surface area contributed by atoms with Gasteiger partial charge in [-0.3, -0.25) is 52.7 Å². The third-order valence-corrected chi connectivity index (χ3v) is 15.2. The number of carbonyl (C=O) groups is 11. The Hall–Kier alpha value is -6.23. The van der Waals surface area contributed by atoms with Crippen molar-refractivity contribution in [1.29, 1.82) is 0 Å². The number of nitrogens with zero attached hydrogens (tertiary/aromatic N) is 10. The van der Waals surface area contributed by atoms with Crippen LogP contribution in [0.4, 0.5) is 0 Å². The fourth-order valence-electron chi connectivity index (χ4n) is 10.0. The topological polar surface area (TPSA) is 492 Å². The monoisotopic (exact) mass is 1310 g/mol. The maximum atomic E-state index is 14.3. The van der Waals surface area contributed by atoms with Crippen LogP contribution in [0.25, 0.3) is 0 Å². The number of rotatable bonds is 58. The summed E-state index contributed by atoms with van der Waals surface area (Å²) in [5.41, 5.74) is 58.2. The van der Waals surface area contributed by atoms with Gasteiger partial charge in [-0.1, -0.05) is 104 Å². The van der Waals surface area contributed by atoms with Gasteiger partial charge < -0.3 is 112 Å². The Morgan fingerprint density at radius 1 is 0.239 bits per heavy atom. The van der Waals surface area contributed by atoms with E-state index in [0.717, 1.165) is 106 Å². The molecule has 0 unspecified atom stereocenters. The summed E-state index contributed by atoms with van der Waals surface area (Å²) < 4.78 is 0. The fraction of sp³-hybridized carbons (Fsp3) is 0.817. The van der Waals surface area contributed by atoms with Crippen LogP contribution in [-0.4, -0.2) is 317 Å². The van der Waals surface area contributed by atoms with Gasteiger partial charge in [-0.25, -0.2) is 0 Å². The molecule has 0 aliphatic carbocycles. The summed E-state index contributed by atoms with van der Waals surface area (Å²) in [5.74, 6) is -6.92. The maximum Gasteiger partial charge on any atom is 0.242 e. The highest BCUT2D eigenvalue weighted by Crippen LogP contribution is 2.13. The fourth-order valence-corrected chi connectivity index (χ4v) is 10.0. The first-order chi connectivity index (χ1) is 44.2. The largest absolute Gasteiger partial charge is 0.368 e. The lowest BCUT2D eigenvalue weighted by Gasteiger charge is -2.32. The summed E-state index contributed by atoms with van der Waals surface area (Å²) in [6, 6.07) is 0. The lowest BCUT2D eigenvalue weighted by Crippen LogP contribution is -2.54. The number of carbonyl (C=O) groups excluding carboxylic acids is 11. The summed E-state index contributed by atoms with van der Waals surface area (Å²) in [5, 5.41) is 2.87. The molecule has 0 fully saturated rings. The Labute approximate surface area is 547 Å². The molecule has 0 radical (unpaired) electrons. The minimum absolute atomic E-state index is 0.0346. The minimum atomic E-state index is -0.733. The third kappa shape index (κ3) is 38.1. The zero-order chi connectivity index (χ0) is 69.1. The van der Waals surface area contributed by atoms with E-state index in [1.54, 1.807) is 0 Å². The van der Waals surface area contributed by atoms with Crippen molar-refractivity contribution < 1.29 is 52.7 Å². The SMILES string of the molecule is CCCCCCCCCCN(CC(N)=O)C(=O)CN(CCCCCCCCCC)C(=O)CN(CCN)C(=O)CN(CCN)C(=O)CN(CCN)C(=O)CN(CCN)C(=O)CN(CCN)C(=O)CN(CCN)C(=O)CN(CCN)C(=O)CN(CCN)C(=O)CNCCN. The van der Waals surface area contributed by atoms with E-state index in [4.69, 9.17) is 57.3 Å². The predicted octanol–water partition coefficient (Wildman–Crippen LogP) is -5.74. The van der Waals surface area contributed by atoms with Gasteiger partial charge in [-0.05, 0) is 12.8 Å². The molecule has 0 heterocycles. The average molecular weight is 1310 g/mol. The van der Waals surface area contributed by atoms with E-state index in [9.17, 15) is 52.7 Å².